The number of nitrogens with zero attached hydrogens (tertiary/aromatic N) is 2. The van der Waals surface area contributed by atoms with Crippen molar-refractivity contribution in [2.24, 2.45) is 11.8 Å². The molecule has 1 amide bonds. The minimum absolute atomic E-state index is 0. The molecule has 1 aromatic rings. The molecule has 3 saturated heterocycles. The van der Waals surface area contributed by atoms with Crippen molar-refractivity contribution in [2.75, 3.05) is 46.1 Å². The summed E-state index contributed by atoms with van der Waals surface area (Å²) in [4.78, 5) is 15.3. The van der Waals surface area contributed by atoms with Gasteiger partial charge in [0.15, 0.2) is 0 Å². The van der Waals surface area contributed by atoms with E-state index in [1.165, 1.54) is 6.26 Å². The Hall–Kier alpha value is -1.19. The fourth-order valence-corrected chi connectivity index (χ4v) is 6.35. The van der Waals surface area contributed by atoms with Gasteiger partial charge in [-0.15, -0.1) is 12.4 Å². The molecule has 3 aliphatic rings. The zero-order chi connectivity index (χ0) is 19.9. The molecule has 1 N–H and O–H groups in total. The van der Waals surface area contributed by atoms with Crippen LogP contribution < -0.4 is 5.32 Å². The number of carbonyl (C=O) groups excluding carboxylic acids is 1. The Balaban J connectivity index is 0.00000240. The summed E-state index contributed by atoms with van der Waals surface area (Å²) in [5.41, 5.74) is 0.251. The van der Waals surface area contributed by atoms with E-state index in [1.807, 2.05) is 35.2 Å². The van der Waals surface area contributed by atoms with Crippen molar-refractivity contribution in [3.05, 3.63) is 35.9 Å². The first-order valence-electron chi connectivity index (χ1n) is 9.93. The Labute approximate surface area is 179 Å². The molecule has 0 radical (unpaired) electrons. The number of piperidine rings is 1. The maximum Gasteiger partial charge on any atom is 0.254 e. The molecule has 7 nitrogen and oxygen atoms in total. The van der Waals surface area contributed by atoms with Crippen molar-refractivity contribution in [1.82, 2.24) is 14.5 Å². The van der Waals surface area contributed by atoms with Crippen molar-refractivity contribution >= 4 is 28.3 Å². The number of hydrogen-bond acceptors (Lipinski definition) is 5. The lowest BCUT2D eigenvalue weighted by molar-refractivity contribution is -0.157. The van der Waals surface area contributed by atoms with E-state index in [2.05, 4.69) is 5.32 Å². The average molecular weight is 444 g/mol. The van der Waals surface area contributed by atoms with Crippen LogP contribution in [-0.4, -0.2) is 75.2 Å². The normalized spacial score (nSPS) is 29.3. The van der Waals surface area contributed by atoms with Crippen LogP contribution in [0.15, 0.2) is 30.3 Å². The minimum atomic E-state index is -3.32. The molecule has 29 heavy (non-hydrogen) atoms. The molecule has 9 heteroatoms. The highest BCUT2D eigenvalue weighted by atomic mass is 35.5. The largest absolute Gasteiger partial charge is 0.368 e. The van der Waals surface area contributed by atoms with Gasteiger partial charge in [0, 0.05) is 32.7 Å². The summed E-state index contributed by atoms with van der Waals surface area (Å²) >= 11 is 0. The first-order valence-corrected chi connectivity index (χ1v) is 11.8. The zero-order valence-electron chi connectivity index (χ0n) is 16.9. The van der Waals surface area contributed by atoms with Gasteiger partial charge in [-0.3, -0.25) is 4.79 Å². The van der Waals surface area contributed by atoms with Crippen LogP contribution in [0.3, 0.4) is 0 Å². The first kappa shape index (κ1) is 22.5. The molecule has 0 aliphatic carbocycles. The van der Waals surface area contributed by atoms with Gasteiger partial charge < -0.3 is 15.0 Å². The quantitative estimate of drug-likeness (QED) is 0.758. The number of sulfonamides is 1. The number of rotatable bonds is 4. The van der Waals surface area contributed by atoms with E-state index in [0.717, 1.165) is 18.7 Å². The van der Waals surface area contributed by atoms with Gasteiger partial charge in [0.25, 0.3) is 5.91 Å². The summed E-state index contributed by atoms with van der Waals surface area (Å²) in [6.45, 7) is 3.18. The molecule has 162 valence electrons. The number of likely N-dealkylation sites (tertiary alicyclic amines) is 1. The lowest BCUT2D eigenvalue weighted by Gasteiger charge is -2.38. The predicted molar refractivity (Wildman–Crippen MR) is 113 cm³/mol. The van der Waals surface area contributed by atoms with Crippen molar-refractivity contribution in [3.63, 3.8) is 0 Å². The summed E-state index contributed by atoms with van der Waals surface area (Å²) in [6, 6.07) is 9.57. The number of amides is 1. The lowest BCUT2D eigenvalue weighted by Crippen LogP contribution is -2.55. The van der Waals surface area contributed by atoms with Gasteiger partial charge in [-0.2, -0.15) is 4.31 Å². The van der Waals surface area contributed by atoms with Crippen LogP contribution >= 0.6 is 12.4 Å². The van der Waals surface area contributed by atoms with Crippen LogP contribution in [0.2, 0.25) is 0 Å². The molecular formula is C20H30ClN3O4S. The Kier molecular flexibility index (Phi) is 6.60. The summed E-state index contributed by atoms with van der Waals surface area (Å²) in [5, 5.41) is 3.29. The second-order valence-electron chi connectivity index (χ2n) is 8.27. The maximum atomic E-state index is 13.3. The molecule has 0 aromatic heterocycles. The van der Waals surface area contributed by atoms with E-state index >= 15 is 0 Å². The molecular weight excluding hydrogens is 414 g/mol. The van der Waals surface area contributed by atoms with E-state index < -0.39 is 15.6 Å². The summed E-state index contributed by atoms with van der Waals surface area (Å²) in [6.07, 6.45) is 2.62. The highest BCUT2D eigenvalue weighted by Crippen LogP contribution is 2.46. The molecule has 3 fully saturated rings. The van der Waals surface area contributed by atoms with Crippen LogP contribution in [0.4, 0.5) is 0 Å². The third kappa shape index (κ3) is 4.05. The number of ether oxygens (including phenoxy) is 1. The first-order chi connectivity index (χ1) is 13.4. The van der Waals surface area contributed by atoms with Crippen LogP contribution in [0.5, 0.6) is 0 Å². The molecule has 0 unspecified atom stereocenters. The monoisotopic (exact) mass is 443 g/mol. The summed E-state index contributed by atoms with van der Waals surface area (Å²) in [5.74, 6) is 0.319. The Bertz CT molecular complexity index is 829. The van der Waals surface area contributed by atoms with Crippen LogP contribution in [0, 0.1) is 11.8 Å². The molecule has 0 spiro atoms. The fourth-order valence-electron chi connectivity index (χ4n) is 5.20. The molecule has 4 rings (SSSR count). The third-order valence-corrected chi connectivity index (χ3v) is 7.90. The number of fused-ring (bicyclic) bond motifs is 1. The molecule has 3 aliphatic heterocycles. The van der Waals surface area contributed by atoms with Gasteiger partial charge in [-0.1, -0.05) is 30.3 Å². The van der Waals surface area contributed by atoms with E-state index in [-0.39, 0.29) is 36.2 Å². The number of benzene rings is 1. The zero-order valence-corrected chi connectivity index (χ0v) is 18.5. The number of methoxy groups -OCH3 is 1. The van der Waals surface area contributed by atoms with Gasteiger partial charge in [-0.05, 0) is 37.4 Å². The fraction of sp³-hybridized carbons (Fsp3) is 0.650. The van der Waals surface area contributed by atoms with Crippen molar-refractivity contribution in [2.45, 2.75) is 24.5 Å². The molecule has 0 bridgehead atoms. The topological polar surface area (TPSA) is 79.0 Å². The van der Waals surface area contributed by atoms with Gasteiger partial charge in [-0.25, -0.2) is 8.42 Å². The van der Waals surface area contributed by atoms with Crippen LogP contribution in [0.1, 0.15) is 24.4 Å². The van der Waals surface area contributed by atoms with E-state index in [1.54, 1.807) is 11.4 Å². The molecule has 3 heterocycles. The van der Waals surface area contributed by atoms with Crippen molar-refractivity contribution in [1.29, 1.82) is 0 Å². The summed E-state index contributed by atoms with van der Waals surface area (Å²) in [7, 11) is -1.70. The number of carbonyl (C=O) groups is 1. The highest BCUT2D eigenvalue weighted by molar-refractivity contribution is 7.88. The predicted octanol–water partition coefficient (Wildman–Crippen LogP) is 1.27. The third-order valence-electron chi connectivity index (χ3n) is 6.67. The highest BCUT2D eigenvalue weighted by Gasteiger charge is 2.53. The molecule has 0 saturated carbocycles. The maximum absolute atomic E-state index is 13.3. The van der Waals surface area contributed by atoms with E-state index in [4.69, 9.17) is 4.74 Å². The van der Waals surface area contributed by atoms with Crippen LogP contribution in [-0.2, 0) is 19.6 Å². The lowest BCUT2D eigenvalue weighted by atomic mass is 9.89. The minimum Gasteiger partial charge on any atom is -0.368 e. The molecule has 1 aromatic carbocycles. The number of hydrogen-bond donors (Lipinski definition) is 1. The van der Waals surface area contributed by atoms with Gasteiger partial charge in [0.1, 0.15) is 5.60 Å². The number of nitrogens with one attached hydrogen (secondary N) is 1. The Morgan fingerprint density at radius 1 is 1.14 bits per heavy atom. The second-order valence-corrected chi connectivity index (χ2v) is 10.2. The van der Waals surface area contributed by atoms with Crippen LogP contribution in [0.25, 0.3) is 0 Å². The standard InChI is InChI=1S/C20H29N3O4S.ClH/c1-27-20(8-10-21-11-9-20)19(24)22-12-16-13-23(28(2,25)26)18(17(16)14-22)15-6-4-3-5-7-15;/h3-7,16-18,21H,8-14H2,1-2H3;1H/t16-,17-,18+;/m1./s1. The average Bonchev–Trinajstić information content (AvgIpc) is 3.26. The summed E-state index contributed by atoms with van der Waals surface area (Å²) < 4.78 is 32.2. The van der Waals surface area contributed by atoms with Gasteiger partial charge in [0.2, 0.25) is 10.0 Å². The second kappa shape index (κ2) is 8.51. The molecule has 3 atom stereocenters. The van der Waals surface area contributed by atoms with Crippen molar-refractivity contribution in [3.8, 4) is 0 Å². The van der Waals surface area contributed by atoms with Gasteiger partial charge in [0.05, 0.1) is 12.3 Å². The van der Waals surface area contributed by atoms with E-state index in [9.17, 15) is 13.2 Å². The SMILES string of the molecule is COC1(C(=O)N2C[C@@H]3CN(S(C)(=O)=O)[C@@H](c4ccccc4)[C@@H]3C2)CCNCC1.Cl. The smallest absolute Gasteiger partial charge is 0.254 e. The van der Waals surface area contributed by atoms with E-state index in [0.29, 0.717) is 32.5 Å². The van der Waals surface area contributed by atoms with Gasteiger partial charge >= 0.3 is 0 Å². The Morgan fingerprint density at radius 2 is 1.79 bits per heavy atom. The number of halogens is 1. The Morgan fingerprint density at radius 3 is 2.38 bits per heavy atom. The van der Waals surface area contributed by atoms with Crippen molar-refractivity contribution < 1.29 is 17.9 Å².